The van der Waals surface area contributed by atoms with Crippen LogP contribution >= 0.6 is 11.6 Å². The lowest BCUT2D eigenvalue weighted by Gasteiger charge is -2.07. The van der Waals surface area contributed by atoms with E-state index in [1.165, 1.54) is 0 Å². The standard InChI is InChI=1S/C9H12ClF3N2O/c10-4-8-5-15(7-14-8)2-1-3-16-6-9(11,12)13/h5,7H,1-4,6H2. The summed E-state index contributed by atoms with van der Waals surface area (Å²) in [7, 11) is 0. The van der Waals surface area contributed by atoms with E-state index in [4.69, 9.17) is 11.6 Å². The Morgan fingerprint density at radius 2 is 2.19 bits per heavy atom. The lowest BCUT2D eigenvalue weighted by Crippen LogP contribution is -2.17. The minimum absolute atomic E-state index is 0.0773. The average Bonchev–Trinajstić information content (AvgIpc) is 2.63. The zero-order valence-corrected chi connectivity index (χ0v) is 9.26. The van der Waals surface area contributed by atoms with Crippen molar-refractivity contribution in [3.63, 3.8) is 0 Å². The van der Waals surface area contributed by atoms with Crippen molar-refractivity contribution in [2.45, 2.75) is 25.0 Å². The number of ether oxygens (including phenoxy) is 1. The summed E-state index contributed by atoms with van der Waals surface area (Å²) in [5.74, 6) is 0.331. The second kappa shape index (κ2) is 6.10. The topological polar surface area (TPSA) is 27.1 Å². The minimum Gasteiger partial charge on any atom is -0.372 e. The third-order valence-corrected chi connectivity index (χ3v) is 2.07. The summed E-state index contributed by atoms with van der Waals surface area (Å²) in [6, 6.07) is 0. The molecular formula is C9H12ClF3N2O. The molecule has 0 aliphatic carbocycles. The first-order chi connectivity index (χ1) is 7.51. The van der Waals surface area contributed by atoms with E-state index >= 15 is 0 Å². The van der Waals surface area contributed by atoms with Crippen molar-refractivity contribution < 1.29 is 17.9 Å². The second-order valence-electron chi connectivity index (χ2n) is 3.26. The van der Waals surface area contributed by atoms with E-state index in [-0.39, 0.29) is 6.61 Å². The third kappa shape index (κ3) is 5.37. The minimum atomic E-state index is -4.25. The smallest absolute Gasteiger partial charge is 0.372 e. The molecule has 16 heavy (non-hydrogen) atoms. The Labute approximate surface area is 96.2 Å². The van der Waals surface area contributed by atoms with E-state index in [1.54, 1.807) is 17.1 Å². The van der Waals surface area contributed by atoms with Gasteiger partial charge in [0.25, 0.3) is 0 Å². The molecule has 0 radical (unpaired) electrons. The number of imidazole rings is 1. The molecule has 1 aromatic rings. The molecule has 92 valence electrons. The Bertz CT molecular complexity index is 314. The highest BCUT2D eigenvalue weighted by molar-refractivity contribution is 6.16. The summed E-state index contributed by atoms with van der Waals surface area (Å²) in [6.07, 6.45) is -0.382. The van der Waals surface area contributed by atoms with Crippen molar-refractivity contribution in [2.75, 3.05) is 13.2 Å². The summed E-state index contributed by atoms with van der Waals surface area (Å²) in [5, 5.41) is 0. The molecule has 0 spiro atoms. The van der Waals surface area contributed by atoms with Gasteiger partial charge in [-0.1, -0.05) is 0 Å². The van der Waals surface area contributed by atoms with Crippen LogP contribution in [-0.4, -0.2) is 28.9 Å². The second-order valence-corrected chi connectivity index (χ2v) is 3.53. The maximum absolute atomic E-state index is 11.7. The van der Waals surface area contributed by atoms with Crippen molar-refractivity contribution in [3.05, 3.63) is 18.2 Å². The van der Waals surface area contributed by atoms with Crippen LogP contribution in [0.4, 0.5) is 13.2 Å². The van der Waals surface area contributed by atoms with Crippen LogP contribution in [0, 0.1) is 0 Å². The lowest BCUT2D eigenvalue weighted by molar-refractivity contribution is -0.174. The molecule has 1 rings (SSSR count). The van der Waals surface area contributed by atoms with Gasteiger partial charge in [0.1, 0.15) is 6.61 Å². The van der Waals surface area contributed by atoms with Gasteiger partial charge in [0, 0.05) is 19.3 Å². The van der Waals surface area contributed by atoms with E-state index in [0.29, 0.717) is 18.8 Å². The number of alkyl halides is 4. The third-order valence-electron chi connectivity index (χ3n) is 1.79. The highest BCUT2D eigenvalue weighted by Gasteiger charge is 2.27. The molecule has 0 aromatic carbocycles. The van der Waals surface area contributed by atoms with Crippen molar-refractivity contribution in [1.82, 2.24) is 9.55 Å². The summed E-state index contributed by atoms with van der Waals surface area (Å²) in [4.78, 5) is 3.98. The number of aryl methyl sites for hydroxylation is 1. The summed E-state index contributed by atoms with van der Waals surface area (Å²) >= 11 is 5.55. The highest BCUT2D eigenvalue weighted by Crippen LogP contribution is 2.14. The highest BCUT2D eigenvalue weighted by atomic mass is 35.5. The predicted octanol–water partition coefficient (Wildman–Crippen LogP) is 2.59. The largest absolute Gasteiger partial charge is 0.411 e. The molecule has 7 heteroatoms. The first kappa shape index (κ1) is 13.3. The Balaban J connectivity index is 2.11. The van der Waals surface area contributed by atoms with E-state index in [0.717, 1.165) is 5.69 Å². The fourth-order valence-electron chi connectivity index (χ4n) is 1.13. The van der Waals surface area contributed by atoms with E-state index < -0.39 is 12.8 Å². The molecule has 0 aliphatic heterocycles. The SMILES string of the molecule is FC(F)(F)COCCCn1cnc(CCl)c1. The van der Waals surface area contributed by atoms with Crippen molar-refractivity contribution in [1.29, 1.82) is 0 Å². The molecule has 3 nitrogen and oxygen atoms in total. The zero-order chi connectivity index (χ0) is 12.0. The molecule has 0 amide bonds. The molecule has 0 fully saturated rings. The van der Waals surface area contributed by atoms with Gasteiger partial charge in [-0.05, 0) is 6.42 Å². The van der Waals surface area contributed by atoms with Crippen LogP contribution in [-0.2, 0) is 17.2 Å². The number of rotatable bonds is 6. The molecule has 1 heterocycles. The molecule has 0 bridgehead atoms. The van der Waals surface area contributed by atoms with Gasteiger partial charge >= 0.3 is 6.18 Å². The van der Waals surface area contributed by atoms with Gasteiger partial charge in [0.2, 0.25) is 0 Å². The van der Waals surface area contributed by atoms with Crippen molar-refractivity contribution >= 4 is 11.6 Å². The average molecular weight is 257 g/mol. The molecule has 0 saturated carbocycles. The zero-order valence-electron chi connectivity index (χ0n) is 8.50. The van der Waals surface area contributed by atoms with Crippen molar-refractivity contribution in [3.8, 4) is 0 Å². The molecule has 0 unspecified atom stereocenters. The summed E-state index contributed by atoms with van der Waals surface area (Å²) < 4.78 is 41.3. The van der Waals surface area contributed by atoms with Gasteiger partial charge in [0.05, 0.1) is 17.9 Å². The van der Waals surface area contributed by atoms with Gasteiger partial charge in [-0.25, -0.2) is 4.98 Å². The number of hydrogen-bond donors (Lipinski definition) is 0. The Hall–Kier alpha value is -0.750. The maximum atomic E-state index is 11.7. The van der Waals surface area contributed by atoms with E-state index in [9.17, 15) is 13.2 Å². The van der Waals surface area contributed by atoms with E-state index in [2.05, 4.69) is 9.72 Å². The Morgan fingerprint density at radius 1 is 1.44 bits per heavy atom. The monoisotopic (exact) mass is 256 g/mol. The fraction of sp³-hybridized carbons (Fsp3) is 0.667. The van der Waals surface area contributed by atoms with Crippen LogP contribution in [0.5, 0.6) is 0 Å². The fourth-order valence-corrected chi connectivity index (χ4v) is 1.27. The van der Waals surface area contributed by atoms with Crippen LogP contribution in [0.2, 0.25) is 0 Å². The number of aromatic nitrogens is 2. The Morgan fingerprint density at radius 3 is 2.75 bits per heavy atom. The van der Waals surface area contributed by atoms with E-state index in [1.807, 2.05) is 0 Å². The van der Waals surface area contributed by atoms with Crippen LogP contribution < -0.4 is 0 Å². The van der Waals surface area contributed by atoms with Crippen LogP contribution in [0.15, 0.2) is 12.5 Å². The summed E-state index contributed by atoms with van der Waals surface area (Å²) in [5.41, 5.74) is 0.748. The van der Waals surface area contributed by atoms with Gasteiger partial charge in [0.15, 0.2) is 0 Å². The number of halogens is 4. The molecule has 0 saturated heterocycles. The number of nitrogens with zero attached hydrogens (tertiary/aromatic N) is 2. The molecule has 0 N–H and O–H groups in total. The quantitative estimate of drug-likeness (QED) is 0.578. The summed E-state index contributed by atoms with van der Waals surface area (Å²) in [6.45, 7) is -0.542. The molecule has 1 aromatic heterocycles. The van der Waals surface area contributed by atoms with Crippen LogP contribution in [0.3, 0.4) is 0 Å². The predicted molar refractivity (Wildman–Crippen MR) is 53.3 cm³/mol. The first-order valence-electron chi connectivity index (χ1n) is 4.72. The van der Waals surface area contributed by atoms with Gasteiger partial charge in [-0.3, -0.25) is 0 Å². The Kier molecular flexibility index (Phi) is 5.08. The molecular weight excluding hydrogens is 245 g/mol. The molecule has 0 atom stereocenters. The van der Waals surface area contributed by atoms with Crippen LogP contribution in [0.1, 0.15) is 12.1 Å². The van der Waals surface area contributed by atoms with Crippen molar-refractivity contribution in [2.24, 2.45) is 0 Å². The maximum Gasteiger partial charge on any atom is 0.411 e. The lowest BCUT2D eigenvalue weighted by atomic mass is 10.4. The first-order valence-corrected chi connectivity index (χ1v) is 5.26. The van der Waals surface area contributed by atoms with Gasteiger partial charge in [-0.15, -0.1) is 11.6 Å². The molecule has 0 aliphatic rings. The normalized spacial score (nSPS) is 12.0. The van der Waals surface area contributed by atoms with Gasteiger partial charge < -0.3 is 9.30 Å². The number of hydrogen-bond acceptors (Lipinski definition) is 2. The van der Waals surface area contributed by atoms with Gasteiger partial charge in [-0.2, -0.15) is 13.2 Å². The van der Waals surface area contributed by atoms with Crippen LogP contribution in [0.25, 0.3) is 0 Å².